The number of guanidine groups is 1. The van der Waals surface area contributed by atoms with E-state index in [1.165, 1.54) is 43.1 Å². The molecular formula is C24H35FIN5. The Hall–Kier alpha value is -1.71. The normalized spacial score (nSPS) is 15.6. The van der Waals surface area contributed by atoms with Crippen molar-refractivity contribution in [3.05, 3.63) is 71.0 Å². The van der Waals surface area contributed by atoms with Gasteiger partial charge >= 0.3 is 0 Å². The molecule has 0 aromatic heterocycles. The molecule has 1 atom stereocenters. The van der Waals surface area contributed by atoms with Crippen LogP contribution in [0.1, 0.15) is 35.6 Å². The molecule has 1 fully saturated rings. The largest absolute Gasteiger partial charge is 0.354 e. The van der Waals surface area contributed by atoms with Gasteiger partial charge in [-0.25, -0.2) is 4.39 Å². The number of aliphatic imine (C=N–C) groups is 1. The fraction of sp³-hybridized carbons (Fsp3) is 0.458. The van der Waals surface area contributed by atoms with Crippen molar-refractivity contribution in [2.24, 2.45) is 4.99 Å². The van der Waals surface area contributed by atoms with Crippen molar-refractivity contribution >= 4 is 29.9 Å². The van der Waals surface area contributed by atoms with E-state index >= 15 is 0 Å². The van der Waals surface area contributed by atoms with Crippen LogP contribution in [0.4, 0.5) is 4.39 Å². The van der Waals surface area contributed by atoms with Crippen LogP contribution in [-0.4, -0.2) is 56.5 Å². The maximum atomic E-state index is 13.6. The molecule has 0 radical (unpaired) electrons. The second-order valence-corrected chi connectivity index (χ2v) is 8.14. The van der Waals surface area contributed by atoms with E-state index in [1.807, 2.05) is 20.2 Å². The van der Waals surface area contributed by atoms with Crippen LogP contribution in [0.5, 0.6) is 0 Å². The molecule has 1 aliphatic rings. The Kier molecular flexibility index (Phi) is 10.7. The van der Waals surface area contributed by atoms with E-state index in [0.29, 0.717) is 13.1 Å². The molecule has 1 aliphatic heterocycles. The summed E-state index contributed by atoms with van der Waals surface area (Å²) in [7, 11) is 5.76. The lowest BCUT2D eigenvalue weighted by Gasteiger charge is -2.26. The number of likely N-dealkylation sites (tertiary alicyclic amines) is 1. The first kappa shape index (κ1) is 25.5. The van der Waals surface area contributed by atoms with Crippen LogP contribution in [0.25, 0.3) is 0 Å². The van der Waals surface area contributed by atoms with Crippen LogP contribution < -0.4 is 10.6 Å². The van der Waals surface area contributed by atoms with Crippen molar-refractivity contribution < 1.29 is 4.39 Å². The average Bonchev–Trinajstić information content (AvgIpc) is 3.24. The minimum atomic E-state index is -0.213. The van der Waals surface area contributed by atoms with Gasteiger partial charge in [-0.3, -0.25) is 9.89 Å². The van der Waals surface area contributed by atoms with Gasteiger partial charge in [-0.15, -0.1) is 24.0 Å². The molecule has 1 heterocycles. The van der Waals surface area contributed by atoms with E-state index in [-0.39, 0.29) is 35.8 Å². The van der Waals surface area contributed by atoms with Gasteiger partial charge in [0.25, 0.3) is 0 Å². The molecule has 170 valence electrons. The van der Waals surface area contributed by atoms with Crippen LogP contribution >= 0.6 is 24.0 Å². The minimum Gasteiger partial charge on any atom is -0.354 e. The third-order valence-electron chi connectivity index (χ3n) is 5.63. The summed E-state index contributed by atoms with van der Waals surface area (Å²) in [6.07, 6.45) is 2.64. The van der Waals surface area contributed by atoms with Gasteiger partial charge in [-0.2, -0.15) is 0 Å². The molecular weight excluding hydrogens is 504 g/mol. The molecule has 1 unspecified atom stereocenters. The van der Waals surface area contributed by atoms with Gasteiger partial charge < -0.3 is 15.5 Å². The zero-order valence-corrected chi connectivity index (χ0v) is 21.1. The molecule has 5 nitrogen and oxygen atoms in total. The van der Waals surface area contributed by atoms with Crippen molar-refractivity contribution in [3.8, 4) is 0 Å². The van der Waals surface area contributed by atoms with Crippen LogP contribution in [0.3, 0.4) is 0 Å². The topological polar surface area (TPSA) is 42.9 Å². The predicted octanol–water partition coefficient (Wildman–Crippen LogP) is 4.01. The Labute approximate surface area is 203 Å². The monoisotopic (exact) mass is 539 g/mol. The smallest absolute Gasteiger partial charge is 0.191 e. The van der Waals surface area contributed by atoms with Crippen molar-refractivity contribution in [1.82, 2.24) is 20.4 Å². The SMILES string of the molecule is CN=C(NCc1ccc(CN2CCCC2)cc1)NCC(c1cccc(F)c1)N(C)C.I. The van der Waals surface area contributed by atoms with E-state index in [9.17, 15) is 4.39 Å². The van der Waals surface area contributed by atoms with Gasteiger partial charge in [0.2, 0.25) is 0 Å². The summed E-state index contributed by atoms with van der Waals surface area (Å²) in [6, 6.07) is 15.6. The summed E-state index contributed by atoms with van der Waals surface area (Å²) in [5.74, 6) is 0.523. The van der Waals surface area contributed by atoms with Gasteiger partial charge in [-0.05, 0) is 68.8 Å². The molecule has 31 heavy (non-hydrogen) atoms. The Balaban J connectivity index is 0.00000341. The van der Waals surface area contributed by atoms with Crippen molar-refractivity contribution in [2.75, 3.05) is 40.8 Å². The highest BCUT2D eigenvalue weighted by molar-refractivity contribution is 14.0. The van der Waals surface area contributed by atoms with E-state index in [1.54, 1.807) is 19.2 Å². The van der Waals surface area contributed by atoms with E-state index < -0.39 is 0 Å². The van der Waals surface area contributed by atoms with E-state index in [0.717, 1.165) is 18.1 Å². The molecule has 2 aromatic carbocycles. The highest BCUT2D eigenvalue weighted by Gasteiger charge is 2.15. The maximum Gasteiger partial charge on any atom is 0.191 e. The minimum absolute atomic E-state index is 0. The summed E-state index contributed by atoms with van der Waals surface area (Å²) in [5.41, 5.74) is 3.53. The maximum absolute atomic E-state index is 13.6. The van der Waals surface area contributed by atoms with Gasteiger partial charge in [0.15, 0.2) is 5.96 Å². The van der Waals surface area contributed by atoms with Crippen molar-refractivity contribution in [2.45, 2.75) is 32.0 Å². The highest BCUT2D eigenvalue weighted by Crippen LogP contribution is 2.18. The zero-order chi connectivity index (χ0) is 21.3. The summed E-state index contributed by atoms with van der Waals surface area (Å²) in [4.78, 5) is 8.92. The number of hydrogen-bond donors (Lipinski definition) is 2. The number of benzene rings is 2. The number of likely N-dealkylation sites (N-methyl/N-ethyl adjacent to an activating group) is 1. The molecule has 0 bridgehead atoms. The van der Waals surface area contributed by atoms with Crippen molar-refractivity contribution in [3.63, 3.8) is 0 Å². The Morgan fingerprint density at radius 1 is 1.06 bits per heavy atom. The number of nitrogens with one attached hydrogen (secondary N) is 2. The van der Waals surface area contributed by atoms with Crippen LogP contribution in [0.2, 0.25) is 0 Å². The molecule has 2 N–H and O–H groups in total. The fourth-order valence-corrected chi connectivity index (χ4v) is 3.87. The van der Waals surface area contributed by atoms with Gasteiger partial charge in [0.05, 0.1) is 6.04 Å². The van der Waals surface area contributed by atoms with E-state index in [2.05, 4.69) is 49.7 Å². The predicted molar refractivity (Wildman–Crippen MR) is 137 cm³/mol. The molecule has 0 spiro atoms. The number of rotatable bonds is 8. The lowest BCUT2D eigenvalue weighted by molar-refractivity contribution is 0.297. The number of nitrogens with zero attached hydrogens (tertiary/aromatic N) is 3. The number of hydrogen-bond acceptors (Lipinski definition) is 3. The molecule has 0 amide bonds. The third-order valence-corrected chi connectivity index (χ3v) is 5.63. The lowest BCUT2D eigenvalue weighted by Crippen LogP contribution is -2.41. The third kappa shape index (κ3) is 8.05. The quantitative estimate of drug-likeness (QED) is 0.303. The highest BCUT2D eigenvalue weighted by atomic mass is 127. The Morgan fingerprint density at radius 3 is 2.35 bits per heavy atom. The number of halogens is 2. The average molecular weight is 539 g/mol. The van der Waals surface area contributed by atoms with E-state index in [4.69, 9.17) is 0 Å². The molecule has 7 heteroatoms. The molecule has 0 aliphatic carbocycles. The summed E-state index contributed by atoms with van der Waals surface area (Å²) in [6.45, 7) is 4.81. The first-order valence-corrected chi connectivity index (χ1v) is 10.7. The summed E-state index contributed by atoms with van der Waals surface area (Å²) >= 11 is 0. The molecule has 0 saturated carbocycles. The molecule has 2 aromatic rings. The van der Waals surface area contributed by atoms with Crippen molar-refractivity contribution in [1.29, 1.82) is 0 Å². The second-order valence-electron chi connectivity index (χ2n) is 8.14. The van der Waals surface area contributed by atoms with Crippen LogP contribution in [-0.2, 0) is 13.1 Å². The second kappa shape index (κ2) is 13.0. The Bertz CT molecular complexity index is 819. The van der Waals surface area contributed by atoms with Gasteiger partial charge in [0.1, 0.15) is 5.82 Å². The van der Waals surface area contributed by atoms with Gasteiger partial charge in [-0.1, -0.05) is 36.4 Å². The molecule has 3 rings (SSSR count). The zero-order valence-electron chi connectivity index (χ0n) is 18.8. The van der Waals surface area contributed by atoms with Crippen LogP contribution in [0, 0.1) is 5.82 Å². The fourth-order valence-electron chi connectivity index (χ4n) is 3.87. The lowest BCUT2D eigenvalue weighted by atomic mass is 10.1. The first-order chi connectivity index (χ1) is 14.5. The summed E-state index contributed by atoms with van der Waals surface area (Å²) < 4.78 is 13.6. The first-order valence-electron chi connectivity index (χ1n) is 10.7. The Morgan fingerprint density at radius 2 is 1.74 bits per heavy atom. The molecule has 1 saturated heterocycles. The summed E-state index contributed by atoms with van der Waals surface area (Å²) in [5, 5.41) is 6.74. The van der Waals surface area contributed by atoms with Crippen LogP contribution in [0.15, 0.2) is 53.5 Å². The van der Waals surface area contributed by atoms with Gasteiger partial charge in [0, 0.05) is 26.7 Å². The standard InChI is InChI=1S/C24H34FN5.HI/c1-26-24(28-17-23(29(2)3)21-7-6-8-22(25)15-21)27-16-19-9-11-20(12-10-19)18-30-13-4-5-14-30;/h6-12,15,23H,4-5,13-14,16-18H2,1-3H3,(H2,26,27,28);1H.